The molecule has 0 radical (unpaired) electrons. The quantitative estimate of drug-likeness (QED) is 0.333. The summed E-state index contributed by atoms with van der Waals surface area (Å²) in [6.45, 7) is 4.75. The Hall–Kier alpha value is -3.88. The zero-order chi connectivity index (χ0) is 26.6. The molecular weight excluding hydrogens is 478 g/mol. The lowest BCUT2D eigenvalue weighted by atomic mass is 10.0. The Kier molecular flexibility index (Phi) is 8.02. The number of carboxylic acid groups (broad SMARTS) is 1. The van der Waals surface area contributed by atoms with E-state index in [1.54, 1.807) is 25.1 Å². The standard InChI is InChI=1S/C27H25F4NO4/c1-15-14-20(10-7-18(15)8-12-24(33)34)36-23-6-4-5-22(28)25(23)17(3)32-26(35)21-11-9-19(13-16(21)2)27(29,30)31/h4-7,9-11,13-14,17H,8,12H2,1-3H3,(H,32,35)(H,33,34)/t17-/m0/s1. The molecule has 0 fully saturated rings. The Labute approximate surface area is 205 Å². The van der Waals surface area contributed by atoms with Gasteiger partial charge in [-0.3, -0.25) is 9.59 Å². The van der Waals surface area contributed by atoms with Crippen molar-refractivity contribution in [1.82, 2.24) is 5.32 Å². The zero-order valence-electron chi connectivity index (χ0n) is 19.9. The number of amides is 1. The fourth-order valence-electron chi connectivity index (χ4n) is 3.85. The van der Waals surface area contributed by atoms with Crippen LogP contribution in [0.5, 0.6) is 11.5 Å². The van der Waals surface area contributed by atoms with Crippen LogP contribution in [-0.2, 0) is 17.4 Å². The molecule has 0 aromatic heterocycles. The Bertz CT molecular complexity index is 1290. The summed E-state index contributed by atoms with van der Waals surface area (Å²) in [7, 11) is 0. The van der Waals surface area contributed by atoms with Gasteiger partial charge in [-0.05, 0) is 86.3 Å². The van der Waals surface area contributed by atoms with E-state index in [2.05, 4.69) is 5.32 Å². The summed E-state index contributed by atoms with van der Waals surface area (Å²) < 4.78 is 59.5. The van der Waals surface area contributed by atoms with Crippen LogP contribution in [-0.4, -0.2) is 17.0 Å². The number of benzene rings is 3. The number of halogens is 4. The summed E-state index contributed by atoms with van der Waals surface area (Å²) >= 11 is 0. The highest BCUT2D eigenvalue weighted by atomic mass is 19.4. The Balaban J connectivity index is 1.81. The van der Waals surface area contributed by atoms with Gasteiger partial charge in [0.1, 0.15) is 17.3 Å². The molecule has 0 unspecified atom stereocenters. The fraction of sp³-hybridized carbons (Fsp3) is 0.259. The highest BCUT2D eigenvalue weighted by Crippen LogP contribution is 2.34. The van der Waals surface area contributed by atoms with Crippen LogP contribution in [0, 0.1) is 19.7 Å². The molecule has 3 rings (SSSR count). The van der Waals surface area contributed by atoms with Crippen molar-refractivity contribution in [3.63, 3.8) is 0 Å². The number of carbonyl (C=O) groups is 2. The highest BCUT2D eigenvalue weighted by molar-refractivity contribution is 5.96. The second-order valence-corrected chi connectivity index (χ2v) is 8.46. The van der Waals surface area contributed by atoms with Crippen LogP contribution in [0.25, 0.3) is 0 Å². The van der Waals surface area contributed by atoms with Crippen molar-refractivity contribution < 1.29 is 37.0 Å². The van der Waals surface area contributed by atoms with Crippen LogP contribution in [0.4, 0.5) is 17.6 Å². The van der Waals surface area contributed by atoms with Crippen molar-refractivity contribution in [3.05, 3.63) is 93.8 Å². The summed E-state index contributed by atoms with van der Waals surface area (Å²) in [6.07, 6.45) is -4.18. The number of aryl methyl sites for hydroxylation is 3. The molecule has 0 spiro atoms. The number of hydrogen-bond acceptors (Lipinski definition) is 3. The highest BCUT2D eigenvalue weighted by Gasteiger charge is 2.31. The molecule has 0 aliphatic heterocycles. The number of ether oxygens (including phenoxy) is 1. The van der Waals surface area contributed by atoms with Crippen molar-refractivity contribution in [1.29, 1.82) is 0 Å². The predicted octanol–water partition coefficient (Wildman–Crippen LogP) is 6.76. The lowest BCUT2D eigenvalue weighted by Gasteiger charge is -2.20. The molecule has 3 aromatic carbocycles. The average Bonchev–Trinajstić information content (AvgIpc) is 2.77. The summed E-state index contributed by atoms with van der Waals surface area (Å²) in [6, 6.07) is 11.2. The molecule has 190 valence electrons. The SMILES string of the molecule is Cc1cc(Oc2cccc(F)c2[C@H](C)NC(=O)c2ccc(C(F)(F)F)cc2C)ccc1CCC(=O)O. The first-order chi connectivity index (χ1) is 16.9. The van der Waals surface area contributed by atoms with E-state index in [1.807, 2.05) is 6.92 Å². The van der Waals surface area contributed by atoms with Gasteiger partial charge in [0, 0.05) is 12.0 Å². The molecule has 1 atom stereocenters. The van der Waals surface area contributed by atoms with Crippen LogP contribution < -0.4 is 10.1 Å². The van der Waals surface area contributed by atoms with E-state index in [0.29, 0.717) is 12.2 Å². The van der Waals surface area contributed by atoms with Gasteiger partial charge in [0.25, 0.3) is 5.91 Å². The largest absolute Gasteiger partial charge is 0.481 e. The summed E-state index contributed by atoms with van der Waals surface area (Å²) in [5.41, 5.74) is 1.04. The van der Waals surface area contributed by atoms with Gasteiger partial charge in [-0.15, -0.1) is 0 Å². The topological polar surface area (TPSA) is 75.6 Å². The van der Waals surface area contributed by atoms with Crippen LogP contribution in [0.1, 0.15) is 57.6 Å². The molecule has 2 N–H and O–H groups in total. The average molecular weight is 503 g/mol. The van der Waals surface area contributed by atoms with Crippen LogP contribution in [0.2, 0.25) is 0 Å². The maximum atomic E-state index is 14.8. The smallest absolute Gasteiger partial charge is 0.416 e. The number of hydrogen-bond donors (Lipinski definition) is 2. The van der Waals surface area contributed by atoms with Gasteiger partial charge in [-0.1, -0.05) is 12.1 Å². The fourth-order valence-corrected chi connectivity index (χ4v) is 3.85. The molecule has 1 amide bonds. The van der Waals surface area contributed by atoms with E-state index in [4.69, 9.17) is 9.84 Å². The molecule has 9 heteroatoms. The van der Waals surface area contributed by atoms with Crippen molar-refractivity contribution in [2.75, 3.05) is 0 Å². The number of rotatable bonds is 8. The Morgan fingerprint density at radius 3 is 2.36 bits per heavy atom. The third-order valence-electron chi connectivity index (χ3n) is 5.74. The Morgan fingerprint density at radius 1 is 1.03 bits per heavy atom. The van der Waals surface area contributed by atoms with Crippen LogP contribution >= 0.6 is 0 Å². The van der Waals surface area contributed by atoms with Gasteiger partial charge < -0.3 is 15.2 Å². The first kappa shape index (κ1) is 26.7. The second kappa shape index (κ2) is 10.8. The van der Waals surface area contributed by atoms with Gasteiger partial charge >= 0.3 is 12.1 Å². The number of nitrogens with one attached hydrogen (secondary N) is 1. The molecule has 0 aliphatic rings. The van der Waals surface area contributed by atoms with E-state index in [1.165, 1.54) is 25.1 Å². The lowest BCUT2D eigenvalue weighted by Crippen LogP contribution is -2.28. The molecule has 0 bridgehead atoms. The van der Waals surface area contributed by atoms with Crippen molar-refractivity contribution >= 4 is 11.9 Å². The first-order valence-corrected chi connectivity index (χ1v) is 11.1. The maximum Gasteiger partial charge on any atom is 0.416 e. The Morgan fingerprint density at radius 2 is 1.75 bits per heavy atom. The molecule has 0 heterocycles. The first-order valence-electron chi connectivity index (χ1n) is 11.1. The van der Waals surface area contributed by atoms with Gasteiger partial charge in [0.2, 0.25) is 0 Å². The van der Waals surface area contributed by atoms with E-state index in [0.717, 1.165) is 29.3 Å². The minimum Gasteiger partial charge on any atom is -0.481 e. The van der Waals surface area contributed by atoms with Gasteiger partial charge in [0.15, 0.2) is 0 Å². The number of carboxylic acids is 1. The molecule has 3 aromatic rings. The van der Waals surface area contributed by atoms with E-state index in [9.17, 15) is 27.2 Å². The molecular formula is C27H25F4NO4. The predicted molar refractivity (Wildman–Crippen MR) is 126 cm³/mol. The molecule has 0 saturated heterocycles. The maximum absolute atomic E-state index is 14.8. The number of aliphatic carboxylic acids is 1. The van der Waals surface area contributed by atoms with Gasteiger partial charge in [0.05, 0.1) is 17.2 Å². The summed E-state index contributed by atoms with van der Waals surface area (Å²) in [4.78, 5) is 23.6. The van der Waals surface area contributed by atoms with E-state index < -0.39 is 35.5 Å². The zero-order valence-corrected chi connectivity index (χ0v) is 19.9. The lowest BCUT2D eigenvalue weighted by molar-refractivity contribution is -0.138. The number of alkyl halides is 3. The summed E-state index contributed by atoms with van der Waals surface area (Å²) in [5.74, 6) is -1.62. The van der Waals surface area contributed by atoms with Gasteiger partial charge in [-0.2, -0.15) is 13.2 Å². The van der Waals surface area contributed by atoms with Crippen molar-refractivity contribution in [2.45, 2.75) is 45.8 Å². The van der Waals surface area contributed by atoms with Crippen LogP contribution in [0.3, 0.4) is 0 Å². The van der Waals surface area contributed by atoms with Gasteiger partial charge in [-0.25, -0.2) is 4.39 Å². The van der Waals surface area contributed by atoms with Crippen molar-refractivity contribution in [2.24, 2.45) is 0 Å². The normalized spacial score (nSPS) is 12.2. The number of carbonyl (C=O) groups excluding carboxylic acids is 1. The third kappa shape index (κ3) is 6.41. The van der Waals surface area contributed by atoms with Crippen LogP contribution in [0.15, 0.2) is 54.6 Å². The van der Waals surface area contributed by atoms with E-state index >= 15 is 0 Å². The molecule has 36 heavy (non-hydrogen) atoms. The summed E-state index contributed by atoms with van der Waals surface area (Å²) in [5, 5.41) is 11.5. The van der Waals surface area contributed by atoms with Crippen molar-refractivity contribution in [3.8, 4) is 11.5 Å². The molecule has 5 nitrogen and oxygen atoms in total. The van der Waals surface area contributed by atoms with E-state index in [-0.39, 0.29) is 28.9 Å². The molecule has 0 saturated carbocycles. The minimum absolute atomic E-state index is 0.00922. The molecule has 0 aliphatic carbocycles. The monoisotopic (exact) mass is 503 g/mol. The third-order valence-corrected chi connectivity index (χ3v) is 5.74. The second-order valence-electron chi connectivity index (χ2n) is 8.46. The minimum atomic E-state index is -4.53.